The van der Waals surface area contributed by atoms with Crippen LogP contribution >= 0.6 is 0 Å². The van der Waals surface area contributed by atoms with Crippen molar-refractivity contribution in [3.63, 3.8) is 0 Å². The summed E-state index contributed by atoms with van der Waals surface area (Å²) in [5.41, 5.74) is 3.72. The predicted octanol–water partition coefficient (Wildman–Crippen LogP) is 1.02. The van der Waals surface area contributed by atoms with Gasteiger partial charge in [-0.05, 0) is 30.4 Å². The monoisotopic (exact) mass is 348 g/mol. The van der Waals surface area contributed by atoms with Crippen molar-refractivity contribution in [3.05, 3.63) is 66.4 Å². The third kappa shape index (κ3) is 2.61. The molecule has 2 aromatic heterocycles. The van der Waals surface area contributed by atoms with Crippen LogP contribution in [0.2, 0.25) is 0 Å². The second-order valence-corrected chi connectivity index (χ2v) is 6.58. The molecule has 1 saturated heterocycles. The number of aliphatic imine (C=N–C) groups is 1. The van der Waals surface area contributed by atoms with Gasteiger partial charge in [-0.2, -0.15) is 0 Å². The van der Waals surface area contributed by atoms with Crippen LogP contribution < -0.4 is 5.32 Å². The number of aliphatic hydroxyl groups is 1. The number of amidine groups is 1. The molecule has 1 atom stereocenters. The minimum Gasteiger partial charge on any atom is -0.369 e. The highest BCUT2D eigenvalue weighted by atomic mass is 16.3. The van der Waals surface area contributed by atoms with E-state index in [0.717, 1.165) is 54.6 Å². The predicted molar refractivity (Wildman–Crippen MR) is 100 cm³/mol. The zero-order valence-corrected chi connectivity index (χ0v) is 14.3. The van der Waals surface area contributed by atoms with E-state index in [2.05, 4.69) is 21.3 Å². The molecular weight excluding hydrogens is 328 g/mol. The van der Waals surface area contributed by atoms with Crippen molar-refractivity contribution in [2.45, 2.75) is 6.23 Å². The lowest BCUT2D eigenvalue weighted by atomic mass is 10.1. The van der Waals surface area contributed by atoms with Crippen LogP contribution in [-0.2, 0) is 0 Å². The third-order valence-electron chi connectivity index (χ3n) is 4.93. The fraction of sp³-hybridized carbons (Fsp3) is 0.263. The van der Waals surface area contributed by atoms with Crippen molar-refractivity contribution >= 4 is 17.2 Å². The first-order valence-electron chi connectivity index (χ1n) is 8.83. The van der Waals surface area contributed by atoms with E-state index in [-0.39, 0.29) is 0 Å². The van der Waals surface area contributed by atoms with Crippen LogP contribution in [-0.4, -0.2) is 62.5 Å². The maximum Gasteiger partial charge on any atom is 0.153 e. The Morgan fingerprint density at radius 1 is 1.15 bits per heavy atom. The molecule has 0 radical (unpaired) electrons. The molecule has 7 heteroatoms. The van der Waals surface area contributed by atoms with E-state index in [1.807, 2.05) is 46.1 Å². The van der Waals surface area contributed by atoms with Crippen molar-refractivity contribution < 1.29 is 5.11 Å². The fourth-order valence-electron chi connectivity index (χ4n) is 3.53. The molecule has 26 heavy (non-hydrogen) atoms. The molecule has 0 aromatic carbocycles. The van der Waals surface area contributed by atoms with E-state index in [0.29, 0.717) is 0 Å². The zero-order chi connectivity index (χ0) is 17.5. The lowest BCUT2D eigenvalue weighted by molar-refractivity contribution is 0.124. The van der Waals surface area contributed by atoms with E-state index in [1.165, 1.54) is 0 Å². The molecular formula is C19H20N6O. The molecule has 0 amide bonds. The van der Waals surface area contributed by atoms with Gasteiger partial charge in [0.25, 0.3) is 0 Å². The molecule has 0 spiro atoms. The zero-order valence-electron chi connectivity index (χ0n) is 14.3. The summed E-state index contributed by atoms with van der Waals surface area (Å²) in [6.45, 7) is 3.90. The second kappa shape index (κ2) is 6.12. The molecule has 5 heterocycles. The number of imidazole rings is 1. The Balaban J connectivity index is 1.44. The molecule has 3 aliphatic heterocycles. The van der Waals surface area contributed by atoms with Crippen molar-refractivity contribution in [1.29, 1.82) is 0 Å². The number of hydrogen-bond acceptors (Lipinski definition) is 6. The van der Waals surface area contributed by atoms with Crippen molar-refractivity contribution in [3.8, 4) is 0 Å². The first kappa shape index (κ1) is 15.4. The smallest absolute Gasteiger partial charge is 0.153 e. The summed E-state index contributed by atoms with van der Waals surface area (Å²) >= 11 is 0. The van der Waals surface area contributed by atoms with Gasteiger partial charge in [0, 0.05) is 56.5 Å². The molecule has 1 fully saturated rings. The minimum absolute atomic E-state index is 0.737. The number of nitrogens with one attached hydrogen (secondary N) is 1. The van der Waals surface area contributed by atoms with Gasteiger partial charge in [0.1, 0.15) is 11.5 Å². The minimum atomic E-state index is -0.737. The van der Waals surface area contributed by atoms with Crippen LogP contribution in [0.25, 0.3) is 11.3 Å². The number of aliphatic hydroxyl groups excluding tert-OH is 1. The molecule has 0 bridgehead atoms. The Morgan fingerprint density at radius 3 is 2.92 bits per heavy atom. The Bertz CT molecular complexity index is 963. The van der Waals surface area contributed by atoms with Gasteiger partial charge in [-0.25, -0.2) is 9.98 Å². The molecule has 2 N–H and O–H groups in total. The number of fused-ring (bicyclic) bond motifs is 2. The number of pyridine rings is 1. The summed E-state index contributed by atoms with van der Waals surface area (Å²) in [5.74, 6) is 0.750. The van der Waals surface area contributed by atoms with Crippen molar-refractivity contribution in [2.75, 3.05) is 26.2 Å². The van der Waals surface area contributed by atoms with Crippen LogP contribution in [0.5, 0.6) is 0 Å². The lowest BCUT2D eigenvalue weighted by Crippen LogP contribution is -2.45. The number of allylic oxidation sites excluding steroid dienone is 1. The van der Waals surface area contributed by atoms with Crippen LogP contribution in [0.15, 0.2) is 65.8 Å². The summed E-state index contributed by atoms with van der Waals surface area (Å²) in [6, 6.07) is 3.93. The summed E-state index contributed by atoms with van der Waals surface area (Å²) in [6.07, 6.45) is 12.7. The molecule has 3 aliphatic rings. The van der Waals surface area contributed by atoms with Gasteiger partial charge in [0.2, 0.25) is 0 Å². The Hall–Kier alpha value is -2.90. The lowest BCUT2D eigenvalue weighted by Gasteiger charge is -2.36. The van der Waals surface area contributed by atoms with Gasteiger partial charge in [-0.15, -0.1) is 0 Å². The molecule has 1 unspecified atom stereocenters. The first-order chi connectivity index (χ1) is 12.8. The highest BCUT2D eigenvalue weighted by molar-refractivity contribution is 6.00. The molecule has 132 valence electrons. The highest BCUT2D eigenvalue weighted by Crippen LogP contribution is 2.26. The van der Waals surface area contributed by atoms with Crippen LogP contribution in [0.1, 0.15) is 5.56 Å². The normalized spacial score (nSPS) is 22.8. The maximum atomic E-state index is 10.7. The standard InChI is InChI=1S/C19H20N6O/c26-19-11-16(14-1-3-17-21-7-10-24(17)12-14)22-18-4-2-15(13-25(18)19)23-8-5-20-6-9-23/h1-4,7,10-13,19-20,26H,5-6,8-9H2. The van der Waals surface area contributed by atoms with Crippen molar-refractivity contribution in [2.24, 2.45) is 4.99 Å². The number of piperazine rings is 1. The Labute approximate surface area is 151 Å². The van der Waals surface area contributed by atoms with Gasteiger partial charge in [-0.1, -0.05) is 0 Å². The van der Waals surface area contributed by atoms with Crippen molar-refractivity contribution in [1.82, 2.24) is 24.5 Å². The SMILES string of the molecule is OC1C=C(c2ccc3nccn3c2)N=C2C=CC(N3CCNCC3)=CN21. The summed E-state index contributed by atoms with van der Waals surface area (Å²) in [5, 5.41) is 14.0. The second-order valence-electron chi connectivity index (χ2n) is 6.58. The van der Waals surface area contributed by atoms with Gasteiger partial charge >= 0.3 is 0 Å². The van der Waals surface area contributed by atoms with E-state index in [4.69, 9.17) is 4.99 Å². The van der Waals surface area contributed by atoms with Gasteiger partial charge in [0.05, 0.1) is 11.4 Å². The average Bonchev–Trinajstić information content (AvgIpc) is 3.16. The largest absolute Gasteiger partial charge is 0.369 e. The number of rotatable bonds is 2. The molecule has 5 rings (SSSR count). The molecule has 0 aliphatic carbocycles. The first-order valence-corrected chi connectivity index (χ1v) is 8.83. The third-order valence-corrected chi connectivity index (χ3v) is 4.93. The average molecular weight is 348 g/mol. The van der Waals surface area contributed by atoms with E-state index in [9.17, 15) is 5.11 Å². The molecule has 7 nitrogen and oxygen atoms in total. The van der Waals surface area contributed by atoms with E-state index < -0.39 is 6.23 Å². The summed E-state index contributed by atoms with van der Waals surface area (Å²) in [4.78, 5) is 13.1. The van der Waals surface area contributed by atoms with E-state index >= 15 is 0 Å². The van der Waals surface area contributed by atoms with Crippen LogP contribution in [0.3, 0.4) is 0 Å². The molecule has 0 saturated carbocycles. The summed E-state index contributed by atoms with van der Waals surface area (Å²) in [7, 11) is 0. The number of nitrogens with zero attached hydrogens (tertiary/aromatic N) is 5. The van der Waals surface area contributed by atoms with Gasteiger partial charge in [-0.3, -0.25) is 0 Å². The number of aromatic nitrogens is 2. The van der Waals surface area contributed by atoms with Gasteiger partial charge in [0.15, 0.2) is 6.23 Å². The Kier molecular flexibility index (Phi) is 3.62. The van der Waals surface area contributed by atoms with Crippen LogP contribution in [0, 0.1) is 0 Å². The molecule has 2 aromatic rings. The van der Waals surface area contributed by atoms with E-state index in [1.54, 1.807) is 12.3 Å². The maximum absolute atomic E-state index is 10.7. The topological polar surface area (TPSA) is 68.4 Å². The van der Waals surface area contributed by atoms with Crippen LogP contribution in [0.4, 0.5) is 0 Å². The number of hydrogen-bond donors (Lipinski definition) is 2. The Morgan fingerprint density at radius 2 is 2.04 bits per heavy atom. The van der Waals surface area contributed by atoms with Gasteiger partial charge < -0.3 is 24.6 Å². The summed E-state index contributed by atoms with van der Waals surface area (Å²) < 4.78 is 1.95. The quantitative estimate of drug-likeness (QED) is 0.848. The highest BCUT2D eigenvalue weighted by Gasteiger charge is 2.25. The fourth-order valence-corrected chi connectivity index (χ4v) is 3.53.